The fraction of sp³-hybridized carbons (Fsp3) is 0. The first kappa shape index (κ1) is 9.49. The second kappa shape index (κ2) is 8.95. The molecular formula is CH2O4Y. The fourth-order valence-electron chi connectivity index (χ4n) is 0. The summed E-state index contributed by atoms with van der Waals surface area (Å²) in [5.74, 6) is 0. The molecule has 2 N–H and O–H groups in total. The summed E-state index contributed by atoms with van der Waals surface area (Å²) in [7, 11) is 0. The molecule has 0 unspecified atom stereocenters. The van der Waals surface area contributed by atoms with Gasteiger partial charge in [0, 0.05) is 0 Å². The first-order chi connectivity index (χ1) is 2.73. The fourth-order valence-corrected chi connectivity index (χ4v) is 0. The first-order valence-corrected chi connectivity index (χ1v) is 2.05. The molecule has 0 atom stereocenters. The normalized spacial score (nSPS) is 5.00. The van der Waals surface area contributed by atoms with Crippen LogP contribution in [0.1, 0.15) is 0 Å². The van der Waals surface area contributed by atoms with E-state index in [2.05, 4.69) is 0 Å². The Morgan fingerprint density at radius 2 is 1.33 bits per heavy atom. The second-order valence-corrected chi connectivity index (χ2v) is 0.283. The van der Waals surface area contributed by atoms with E-state index >= 15 is 0 Å². The molecule has 0 rings (SSSR count). The van der Waals surface area contributed by atoms with Crippen molar-refractivity contribution in [3.8, 4) is 0 Å². The zero-order chi connectivity index (χ0) is 5.58. The molecule has 0 aromatic heterocycles. The Bertz CT molecular complexity index is 38.8. The topological polar surface area (TPSA) is 74.6 Å². The van der Waals surface area contributed by atoms with Gasteiger partial charge in [0.25, 0.3) is 0 Å². The van der Waals surface area contributed by atoms with Crippen molar-refractivity contribution in [1.82, 2.24) is 0 Å². The van der Waals surface area contributed by atoms with Crippen molar-refractivity contribution in [1.29, 1.82) is 0 Å². The van der Waals surface area contributed by atoms with Crippen LogP contribution in [0.3, 0.4) is 0 Å². The van der Waals surface area contributed by atoms with Gasteiger partial charge in [-0.1, -0.05) is 0 Å². The molecule has 0 heterocycles. The van der Waals surface area contributed by atoms with E-state index in [1.807, 2.05) is 0 Å². The van der Waals surface area contributed by atoms with Crippen LogP contribution >= 0.6 is 0 Å². The van der Waals surface area contributed by atoms with Gasteiger partial charge in [-0.15, -0.1) is 0 Å². The summed E-state index contributed by atoms with van der Waals surface area (Å²) < 4.78 is 8.38. The molecule has 5 heteroatoms. The molecule has 0 aliphatic heterocycles. The van der Waals surface area contributed by atoms with Crippen molar-refractivity contribution in [2.45, 2.75) is 0 Å². The predicted molar refractivity (Wildman–Crippen MR) is 11.3 cm³/mol. The van der Waals surface area contributed by atoms with Gasteiger partial charge in [-0.3, -0.25) is 0 Å². The summed E-state index contributed by atoms with van der Waals surface area (Å²) in [6.45, 7) is 0. The molecule has 4 nitrogen and oxygen atoms in total. The van der Waals surface area contributed by atoms with Crippen LogP contribution in [0.25, 0.3) is 0 Å². The van der Waals surface area contributed by atoms with Crippen LogP contribution in [-0.2, 0) is 33.1 Å². The molecule has 0 saturated carbocycles. The Morgan fingerprint density at radius 1 is 1.33 bits per heavy atom. The van der Waals surface area contributed by atoms with Crippen LogP contribution in [0.4, 0.5) is 4.79 Å². The molecule has 0 amide bonds. The summed E-state index contributed by atoms with van der Waals surface area (Å²) >= 11 is 0.100. The predicted octanol–water partition coefficient (Wildman–Crippen LogP) is 0.101. The van der Waals surface area contributed by atoms with Gasteiger partial charge in [0.05, 0.1) is 0 Å². The van der Waals surface area contributed by atoms with Crippen LogP contribution in [0, 0.1) is 0 Å². The third-order valence-electron chi connectivity index (χ3n) is 0. The minimum atomic E-state index is -1.83. The quantitative estimate of drug-likeness (QED) is 0.536. The third-order valence-corrected chi connectivity index (χ3v) is 0. The zero-order valence-electron chi connectivity index (χ0n) is 2.79. The van der Waals surface area contributed by atoms with Gasteiger partial charge < -0.3 is 10.2 Å². The molecule has 6 heavy (non-hydrogen) atoms. The van der Waals surface area contributed by atoms with Gasteiger partial charge in [-0.05, 0) is 0 Å². The Labute approximate surface area is 54.2 Å². The average molecular weight is 167 g/mol. The van der Waals surface area contributed by atoms with E-state index < -0.39 is 6.16 Å². The van der Waals surface area contributed by atoms with Crippen molar-refractivity contribution < 1.29 is 48.1 Å². The standard InChI is InChI=1S/CH2O3.O.Y/c2-1(3)4;;/h(H2,2,3,4);;. The minimum absolute atomic E-state index is 0.100. The third kappa shape index (κ3) is 1390. The van der Waals surface area contributed by atoms with Gasteiger partial charge in [-0.2, -0.15) is 0 Å². The molecule has 0 aromatic rings. The Kier molecular flexibility index (Phi) is 14.1. The van der Waals surface area contributed by atoms with E-state index in [0.717, 1.165) is 0 Å². The molecule has 0 aromatic carbocycles. The van der Waals surface area contributed by atoms with Crippen LogP contribution in [0.5, 0.6) is 0 Å². The van der Waals surface area contributed by atoms with Crippen molar-refractivity contribution in [3.63, 3.8) is 0 Å². The number of carbonyl (C=O) groups is 1. The molecule has 0 bridgehead atoms. The zero-order valence-corrected chi connectivity index (χ0v) is 5.63. The summed E-state index contributed by atoms with van der Waals surface area (Å²) in [4.78, 5) is 8.56. The summed E-state index contributed by atoms with van der Waals surface area (Å²) in [5, 5.41) is 13.9. The monoisotopic (exact) mass is 167 g/mol. The van der Waals surface area contributed by atoms with E-state index in [4.69, 9.17) is 17.1 Å². The van der Waals surface area contributed by atoms with Crippen molar-refractivity contribution in [3.05, 3.63) is 0 Å². The Balaban J connectivity index is 0. The van der Waals surface area contributed by atoms with Gasteiger partial charge >= 0.3 is 39.2 Å². The summed E-state index contributed by atoms with van der Waals surface area (Å²) in [6, 6.07) is 0. The van der Waals surface area contributed by atoms with Crippen LogP contribution in [0.2, 0.25) is 0 Å². The Morgan fingerprint density at radius 3 is 1.33 bits per heavy atom. The summed E-state index contributed by atoms with van der Waals surface area (Å²) in [5.41, 5.74) is 0. The molecule has 33 valence electrons. The van der Waals surface area contributed by atoms with Crippen molar-refractivity contribution in [2.24, 2.45) is 0 Å². The van der Waals surface area contributed by atoms with Crippen molar-refractivity contribution in [2.75, 3.05) is 0 Å². The number of rotatable bonds is 0. The van der Waals surface area contributed by atoms with Gasteiger partial charge in [0.1, 0.15) is 0 Å². The first-order valence-electron chi connectivity index (χ1n) is 0.887. The van der Waals surface area contributed by atoms with Crippen molar-refractivity contribution >= 4 is 6.16 Å². The van der Waals surface area contributed by atoms with Crippen LogP contribution in [0.15, 0.2) is 0 Å². The molecular weight excluding hydrogens is 165 g/mol. The van der Waals surface area contributed by atoms with E-state index in [0.29, 0.717) is 0 Å². The average Bonchev–Trinajstić information content (AvgIpc) is 1.41. The SMILES string of the molecule is O=C(O)O.[O]=[Y]. The number of carboxylic acid groups (broad SMARTS) is 2. The molecule has 0 radical (unpaired) electrons. The Hall–Kier alpha value is 0.174. The van der Waals surface area contributed by atoms with Crippen LogP contribution < -0.4 is 0 Å². The number of hydrogen-bond acceptors (Lipinski definition) is 2. The maximum absolute atomic E-state index is 8.56. The van der Waals surface area contributed by atoms with E-state index in [-0.39, 0.29) is 31.0 Å². The molecule has 0 aliphatic carbocycles. The van der Waals surface area contributed by atoms with Gasteiger partial charge in [-0.25, -0.2) is 4.79 Å². The van der Waals surface area contributed by atoms with Gasteiger partial charge in [0.2, 0.25) is 0 Å². The van der Waals surface area contributed by atoms with E-state index in [1.165, 1.54) is 0 Å². The van der Waals surface area contributed by atoms with Gasteiger partial charge in [0.15, 0.2) is 0 Å². The number of hydrogen-bond donors (Lipinski definition) is 2. The second-order valence-electron chi connectivity index (χ2n) is 0.283. The van der Waals surface area contributed by atoms with Crippen LogP contribution in [-0.4, -0.2) is 16.4 Å². The van der Waals surface area contributed by atoms with E-state index in [9.17, 15) is 0 Å². The summed E-state index contributed by atoms with van der Waals surface area (Å²) in [6.07, 6.45) is -1.83. The molecule has 0 fully saturated rings. The maximum atomic E-state index is 8.56. The van der Waals surface area contributed by atoms with E-state index in [1.54, 1.807) is 0 Å². The molecule has 0 saturated heterocycles. The molecule has 0 aliphatic rings. The molecule has 0 spiro atoms.